The van der Waals surface area contributed by atoms with Crippen LogP contribution in [0.4, 0.5) is 18.9 Å². The summed E-state index contributed by atoms with van der Waals surface area (Å²) in [4.78, 5) is 4.09. The highest BCUT2D eigenvalue weighted by Crippen LogP contribution is 2.27. The van der Waals surface area contributed by atoms with Crippen LogP contribution in [0.25, 0.3) is 0 Å². The molecule has 112 valence electrons. The van der Waals surface area contributed by atoms with E-state index in [0.29, 0.717) is 5.56 Å². The van der Waals surface area contributed by atoms with E-state index in [1.54, 1.807) is 18.3 Å². The molecule has 0 spiro atoms. The number of aryl methyl sites for hydroxylation is 1. The van der Waals surface area contributed by atoms with E-state index in [2.05, 4.69) is 15.0 Å². The van der Waals surface area contributed by atoms with Gasteiger partial charge in [0, 0.05) is 23.6 Å². The average molecular weight is 296 g/mol. The second-order valence-electron chi connectivity index (χ2n) is 4.67. The lowest BCUT2D eigenvalue weighted by molar-refractivity contribution is -0.274. The minimum Gasteiger partial charge on any atom is -0.406 e. The average Bonchev–Trinajstić information content (AvgIpc) is 2.37. The lowest BCUT2D eigenvalue weighted by Crippen LogP contribution is -2.17. The zero-order valence-corrected chi connectivity index (χ0v) is 11.6. The molecule has 1 aromatic carbocycles. The first kappa shape index (κ1) is 15.2. The quantitative estimate of drug-likeness (QED) is 0.904. The Balaban J connectivity index is 2.12. The fourth-order valence-corrected chi connectivity index (χ4v) is 1.95. The largest absolute Gasteiger partial charge is 0.573 e. The number of rotatable bonds is 4. The smallest absolute Gasteiger partial charge is 0.406 e. The molecule has 0 bridgehead atoms. The van der Waals surface area contributed by atoms with Gasteiger partial charge in [0.25, 0.3) is 0 Å². The van der Waals surface area contributed by atoms with Gasteiger partial charge in [-0.1, -0.05) is 12.1 Å². The number of alkyl halides is 3. The van der Waals surface area contributed by atoms with Crippen LogP contribution in [-0.2, 0) is 0 Å². The van der Waals surface area contributed by atoms with Crippen molar-refractivity contribution in [1.29, 1.82) is 0 Å². The number of anilines is 1. The number of benzene rings is 1. The van der Waals surface area contributed by atoms with Crippen LogP contribution in [-0.4, -0.2) is 11.3 Å². The van der Waals surface area contributed by atoms with Gasteiger partial charge >= 0.3 is 6.36 Å². The molecule has 0 radical (unpaired) electrons. The molecule has 0 aliphatic carbocycles. The maximum Gasteiger partial charge on any atom is 0.573 e. The zero-order chi connectivity index (χ0) is 15.5. The molecule has 0 aliphatic rings. The van der Waals surface area contributed by atoms with E-state index in [9.17, 15) is 13.2 Å². The second-order valence-corrected chi connectivity index (χ2v) is 4.67. The highest BCUT2D eigenvalue weighted by molar-refractivity contribution is 5.46. The topological polar surface area (TPSA) is 34.1 Å². The molecular formula is C15H15F3N2O. The molecule has 0 saturated carbocycles. The van der Waals surface area contributed by atoms with Crippen LogP contribution in [0.2, 0.25) is 0 Å². The van der Waals surface area contributed by atoms with Gasteiger partial charge in [-0.05, 0) is 43.7 Å². The van der Waals surface area contributed by atoms with E-state index in [0.717, 1.165) is 11.4 Å². The summed E-state index contributed by atoms with van der Waals surface area (Å²) in [5.74, 6) is -0.223. The van der Waals surface area contributed by atoms with Crippen molar-refractivity contribution >= 4 is 5.69 Å². The summed E-state index contributed by atoms with van der Waals surface area (Å²) in [7, 11) is 0. The number of pyridine rings is 1. The molecule has 2 aromatic rings. The summed E-state index contributed by atoms with van der Waals surface area (Å²) in [5, 5.41) is 3.21. The van der Waals surface area contributed by atoms with E-state index in [-0.39, 0.29) is 11.8 Å². The van der Waals surface area contributed by atoms with Crippen LogP contribution in [0.5, 0.6) is 5.75 Å². The summed E-state index contributed by atoms with van der Waals surface area (Å²) in [6.45, 7) is 3.73. The lowest BCUT2D eigenvalue weighted by atomic mass is 10.1. The standard InChI is InChI=1S/C15H15F3N2O/c1-10-8-13(6-7-19-10)20-11(2)12-4-3-5-14(9-12)21-15(16,17)18/h3-9,11H,1-2H3,(H,19,20). The zero-order valence-electron chi connectivity index (χ0n) is 11.6. The van der Waals surface area contributed by atoms with E-state index >= 15 is 0 Å². The van der Waals surface area contributed by atoms with Gasteiger partial charge in [0.1, 0.15) is 5.75 Å². The maximum atomic E-state index is 12.2. The molecule has 21 heavy (non-hydrogen) atoms. The van der Waals surface area contributed by atoms with Gasteiger partial charge in [0.2, 0.25) is 0 Å². The van der Waals surface area contributed by atoms with Gasteiger partial charge < -0.3 is 10.1 Å². The van der Waals surface area contributed by atoms with Crippen LogP contribution in [0.15, 0.2) is 42.6 Å². The number of aromatic nitrogens is 1. The third kappa shape index (κ3) is 4.66. The summed E-state index contributed by atoms with van der Waals surface area (Å²) >= 11 is 0. The van der Waals surface area contributed by atoms with E-state index in [4.69, 9.17) is 0 Å². The van der Waals surface area contributed by atoms with Gasteiger partial charge in [-0.25, -0.2) is 0 Å². The molecule has 6 heteroatoms. The van der Waals surface area contributed by atoms with Crippen LogP contribution in [0.1, 0.15) is 24.2 Å². The Morgan fingerprint density at radius 1 is 1.19 bits per heavy atom. The number of hydrogen-bond acceptors (Lipinski definition) is 3. The van der Waals surface area contributed by atoms with Crippen LogP contribution in [0, 0.1) is 6.92 Å². The van der Waals surface area contributed by atoms with Crippen molar-refractivity contribution in [3.63, 3.8) is 0 Å². The van der Waals surface area contributed by atoms with Gasteiger partial charge in [-0.3, -0.25) is 4.98 Å². The maximum absolute atomic E-state index is 12.2. The van der Waals surface area contributed by atoms with Gasteiger partial charge in [-0.15, -0.1) is 13.2 Å². The van der Waals surface area contributed by atoms with Gasteiger partial charge in [0.05, 0.1) is 0 Å². The minimum absolute atomic E-state index is 0.163. The molecule has 0 amide bonds. The fraction of sp³-hybridized carbons (Fsp3) is 0.267. The fourth-order valence-electron chi connectivity index (χ4n) is 1.95. The Hall–Kier alpha value is -2.24. The Bertz CT molecular complexity index is 614. The number of nitrogens with zero attached hydrogens (tertiary/aromatic N) is 1. The normalized spacial score (nSPS) is 12.8. The van der Waals surface area contributed by atoms with Crippen molar-refractivity contribution in [3.05, 3.63) is 53.9 Å². The number of halogens is 3. The third-order valence-electron chi connectivity index (χ3n) is 2.87. The van der Waals surface area contributed by atoms with Crippen molar-refractivity contribution in [2.24, 2.45) is 0 Å². The van der Waals surface area contributed by atoms with Crippen LogP contribution < -0.4 is 10.1 Å². The molecule has 2 rings (SSSR count). The predicted molar refractivity (Wildman–Crippen MR) is 74.1 cm³/mol. The first-order valence-electron chi connectivity index (χ1n) is 6.38. The molecule has 1 atom stereocenters. The van der Waals surface area contributed by atoms with E-state index in [1.165, 1.54) is 18.2 Å². The van der Waals surface area contributed by atoms with Crippen molar-refractivity contribution in [3.8, 4) is 5.75 Å². The molecule has 1 heterocycles. The molecule has 1 unspecified atom stereocenters. The summed E-state index contributed by atoms with van der Waals surface area (Å²) < 4.78 is 40.6. The number of hydrogen-bond donors (Lipinski definition) is 1. The van der Waals surface area contributed by atoms with Crippen molar-refractivity contribution < 1.29 is 17.9 Å². The van der Waals surface area contributed by atoms with Crippen molar-refractivity contribution in [2.75, 3.05) is 5.32 Å². The summed E-state index contributed by atoms with van der Waals surface area (Å²) in [6.07, 6.45) is -3.01. The first-order chi connectivity index (χ1) is 9.83. The molecule has 0 saturated heterocycles. The lowest BCUT2D eigenvalue weighted by Gasteiger charge is -2.17. The Morgan fingerprint density at radius 2 is 1.95 bits per heavy atom. The molecule has 1 aromatic heterocycles. The van der Waals surface area contributed by atoms with E-state index < -0.39 is 6.36 Å². The Kier molecular flexibility index (Phi) is 4.35. The molecular weight excluding hydrogens is 281 g/mol. The molecule has 0 aliphatic heterocycles. The van der Waals surface area contributed by atoms with Crippen molar-refractivity contribution in [1.82, 2.24) is 4.98 Å². The van der Waals surface area contributed by atoms with Gasteiger partial charge in [0.15, 0.2) is 0 Å². The highest BCUT2D eigenvalue weighted by Gasteiger charge is 2.31. The highest BCUT2D eigenvalue weighted by atomic mass is 19.4. The second kappa shape index (κ2) is 6.03. The molecule has 1 N–H and O–H groups in total. The summed E-state index contributed by atoms with van der Waals surface area (Å²) in [5.41, 5.74) is 2.42. The Morgan fingerprint density at radius 3 is 2.62 bits per heavy atom. The Labute approximate surface area is 120 Å². The van der Waals surface area contributed by atoms with Gasteiger partial charge in [-0.2, -0.15) is 0 Å². The SMILES string of the molecule is Cc1cc(NC(C)c2cccc(OC(F)(F)F)c2)ccn1. The van der Waals surface area contributed by atoms with Crippen LogP contribution >= 0.6 is 0 Å². The predicted octanol–water partition coefficient (Wildman–Crippen LogP) is 4.46. The first-order valence-corrected chi connectivity index (χ1v) is 6.38. The molecule has 3 nitrogen and oxygen atoms in total. The summed E-state index contributed by atoms with van der Waals surface area (Å²) in [6, 6.07) is 9.44. The van der Waals surface area contributed by atoms with Crippen LogP contribution in [0.3, 0.4) is 0 Å². The van der Waals surface area contributed by atoms with E-state index in [1.807, 2.05) is 19.9 Å². The number of ether oxygens (including phenoxy) is 1. The molecule has 0 fully saturated rings. The minimum atomic E-state index is -4.68. The third-order valence-corrected chi connectivity index (χ3v) is 2.87. The monoisotopic (exact) mass is 296 g/mol. The number of nitrogens with one attached hydrogen (secondary N) is 1. The van der Waals surface area contributed by atoms with Crippen molar-refractivity contribution in [2.45, 2.75) is 26.3 Å².